The third-order valence-electron chi connectivity index (χ3n) is 4.44. The molecular formula is C18H18F3N5O2. The Kier molecular flexibility index (Phi) is 5.48. The van der Waals surface area contributed by atoms with Crippen LogP contribution in [0.5, 0.6) is 0 Å². The number of amides is 2. The molecule has 7 nitrogen and oxygen atoms in total. The SMILES string of the molecule is NC(=O)c1cccc(NC(=O)[C@@H]2CCCN(c3ncccc3C(F)(F)F)C2)n1. The van der Waals surface area contributed by atoms with Crippen LogP contribution in [0.2, 0.25) is 0 Å². The first-order valence-electron chi connectivity index (χ1n) is 8.60. The van der Waals surface area contributed by atoms with E-state index < -0.39 is 23.6 Å². The third-order valence-corrected chi connectivity index (χ3v) is 4.44. The summed E-state index contributed by atoms with van der Waals surface area (Å²) in [6.45, 7) is 0.473. The molecule has 1 fully saturated rings. The van der Waals surface area contributed by atoms with Crippen LogP contribution in [-0.4, -0.2) is 34.9 Å². The number of carbonyl (C=O) groups is 2. The summed E-state index contributed by atoms with van der Waals surface area (Å²) >= 11 is 0. The van der Waals surface area contributed by atoms with Crippen molar-refractivity contribution in [1.29, 1.82) is 0 Å². The van der Waals surface area contributed by atoms with E-state index in [9.17, 15) is 22.8 Å². The summed E-state index contributed by atoms with van der Waals surface area (Å²) in [6.07, 6.45) is -2.17. The van der Waals surface area contributed by atoms with Crippen LogP contribution in [0.25, 0.3) is 0 Å². The van der Waals surface area contributed by atoms with Crippen LogP contribution >= 0.6 is 0 Å². The van der Waals surface area contributed by atoms with Crippen LogP contribution in [0.4, 0.5) is 24.8 Å². The van der Waals surface area contributed by atoms with E-state index in [0.29, 0.717) is 19.4 Å². The fourth-order valence-electron chi connectivity index (χ4n) is 3.12. The average Bonchev–Trinajstić information content (AvgIpc) is 2.67. The lowest BCUT2D eigenvalue weighted by molar-refractivity contribution is -0.137. The number of anilines is 2. The molecule has 3 heterocycles. The standard InChI is InChI=1S/C18H18F3N5O2/c19-18(20,21)12-5-2-8-23-16(12)26-9-3-4-11(10-26)17(28)25-14-7-1-6-13(24-14)15(22)27/h1-2,5-8,11H,3-4,9-10H2,(H2,22,27)(H,24,25,28)/t11-/m1/s1. The van der Waals surface area contributed by atoms with Gasteiger partial charge in [-0.1, -0.05) is 6.07 Å². The Hall–Kier alpha value is -3.17. The Bertz CT molecular complexity index is 888. The number of rotatable bonds is 4. The van der Waals surface area contributed by atoms with Gasteiger partial charge >= 0.3 is 6.18 Å². The number of nitrogens with one attached hydrogen (secondary N) is 1. The van der Waals surface area contributed by atoms with Gasteiger partial charge in [0.15, 0.2) is 0 Å². The molecule has 2 aromatic heterocycles. The van der Waals surface area contributed by atoms with Crippen LogP contribution in [0.1, 0.15) is 28.9 Å². The van der Waals surface area contributed by atoms with Gasteiger partial charge < -0.3 is 16.0 Å². The quantitative estimate of drug-likeness (QED) is 0.831. The van der Waals surface area contributed by atoms with E-state index in [2.05, 4.69) is 15.3 Å². The van der Waals surface area contributed by atoms with Crippen molar-refractivity contribution in [3.8, 4) is 0 Å². The second-order valence-electron chi connectivity index (χ2n) is 6.42. The highest BCUT2D eigenvalue weighted by Gasteiger charge is 2.37. The zero-order valence-corrected chi connectivity index (χ0v) is 14.7. The number of hydrogen-bond donors (Lipinski definition) is 2. The molecule has 0 bridgehead atoms. The van der Waals surface area contributed by atoms with E-state index >= 15 is 0 Å². The van der Waals surface area contributed by atoms with Gasteiger partial charge in [-0.15, -0.1) is 0 Å². The molecule has 2 amide bonds. The lowest BCUT2D eigenvalue weighted by Gasteiger charge is -2.34. The molecule has 28 heavy (non-hydrogen) atoms. The number of hydrogen-bond acceptors (Lipinski definition) is 5. The first-order valence-corrected chi connectivity index (χ1v) is 8.60. The second-order valence-corrected chi connectivity index (χ2v) is 6.42. The Labute approximate surface area is 158 Å². The fraction of sp³-hybridized carbons (Fsp3) is 0.333. The van der Waals surface area contributed by atoms with Gasteiger partial charge in [-0.25, -0.2) is 9.97 Å². The summed E-state index contributed by atoms with van der Waals surface area (Å²) in [4.78, 5) is 33.1. The predicted octanol–water partition coefficient (Wildman–Crippen LogP) is 2.45. The molecule has 10 heteroatoms. The van der Waals surface area contributed by atoms with E-state index in [1.54, 1.807) is 0 Å². The Balaban J connectivity index is 1.74. The number of nitrogens with zero attached hydrogens (tertiary/aromatic N) is 3. The minimum absolute atomic E-state index is 0.00590. The largest absolute Gasteiger partial charge is 0.419 e. The van der Waals surface area contributed by atoms with Crippen LogP contribution < -0.4 is 16.0 Å². The molecule has 0 aliphatic carbocycles. The van der Waals surface area contributed by atoms with Crippen LogP contribution in [0.3, 0.4) is 0 Å². The van der Waals surface area contributed by atoms with Crippen molar-refractivity contribution < 1.29 is 22.8 Å². The van der Waals surface area contributed by atoms with E-state index in [1.807, 2.05) is 0 Å². The maximum absolute atomic E-state index is 13.3. The third kappa shape index (κ3) is 4.38. The molecule has 1 saturated heterocycles. The van der Waals surface area contributed by atoms with Crippen molar-refractivity contribution in [2.45, 2.75) is 19.0 Å². The lowest BCUT2D eigenvalue weighted by atomic mass is 9.96. The number of pyridine rings is 2. The zero-order valence-electron chi connectivity index (χ0n) is 14.7. The van der Waals surface area contributed by atoms with Gasteiger partial charge in [0.2, 0.25) is 5.91 Å². The number of nitrogens with two attached hydrogens (primary N) is 1. The average molecular weight is 393 g/mol. The predicted molar refractivity (Wildman–Crippen MR) is 95.6 cm³/mol. The van der Waals surface area contributed by atoms with Gasteiger partial charge in [-0.2, -0.15) is 13.2 Å². The van der Waals surface area contributed by atoms with Gasteiger partial charge in [-0.05, 0) is 37.1 Å². The smallest absolute Gasteiger partial charge is 0.364 e. The molecule has 1 aliphatic rings. The van der Waals surface area contributed by atoms with Gasteiger partial charge in [0.05, 0.1) is 11.5 Å². The zero-order chi connectivity index (χ0) is 20.3. The topological polar surface area (TPSA) is 101 Å². The first kappa shape index (κ1) is 19.6. The number of aromatic nitrogens is 2. The Morgan fingerprint density at radius 2 is 2.00 bits per heavy atom. The van der Waals surface area contributed by atoms with Crippen molar-refractivity contribution in [3.63, 3.8) is 0 Å². The molecule has 1 atom stereocenters. The van der Waals surface area contributed by atoms with Crippen molar-refractivity contribution >= 4 is 23.5 Å². The Morgan fingerprint density at radius 1 is 1.21 bits per heavy atom. The van der Waals surface area contributed by atoms with Crippen LogP contribution in [0.15, 0.2) is 36.5 Å². The molecule has 0 spiro atoms. The van der Waals surface area contributed by atoms with Gasteiger partial charge in [0.25, 0.3) is 5.91 Å². The van der Waals surface area contributed by atoms with Crippen molar-refractivity contribution in [1.82, 2.24) is 9.97 Å². The summed E-state index contributed by atoms with van der Waals surface area (Å²) in [5, 5.41) is 2.60. The Morgan fingerprint density at radius 3 is 2.71 bits per heavy atom. The number of halogens is 3. The number of piperidine rings is 1. The summed E-state index contributed by atoms with van der Waals surface area (Å²) in [5.74, 6) is -1.68. The monoisotopic (exact) mass is 393 g/mol. The number of alkyl halides is 3. The number of primary amides is 1. The molecule has 3 rings (SSSR count). The molecule has 0 saturated carbocycles. The highest BCUT2D eigenvalue weighted by molar-refractivity contribution is 5.94. The lowest BCUT2D eigenvalue weighted by Crippen LogP contribution is -2.42. The highest BCUT2D eigenvalue weighted by Crippen LogP contribution is 2.36. The van der Waals surface area contributed by atoms with Crippen molar-refractivity contribution in [2.75, 3.05) is 23.3 Å². The highest BCUT2D eigenvalue weighted by atomic mass is 19.4. The molecular weight excluding hydrogens is 375 g/mol. The number of carbonyl (C=O) groups excluding carboxylic acids is 2. The van der Waals surface area contributed by atoms with E-state index in [4.69, 9.17) is 5.73 Å². The van der Waals surface area contributed by atoms with E-state index in [-0.39, 0.29) is 29.8 Å². The molecule has 1 aliphatic heterocycles. The minimum atomic E-state index is -4.53. The van der Waals surface area contributed by atoms with Gasteiger partial charge in [-0.3, -0.25) is 9.59 Å². The maximum Gasteiger partial charge on any atom is 0.419 e. The molecule has 0 unspecified atom stereocenters. The van der Waals surface area contributed by atoms with Crippen LogP contribution in [-0.2, 0) is 11.0 Å². The van der Waals surface area contributed by atoms with Crippen molar-refractivity contribution in [2.24, 2.45) is 11.7 Å². The second kappa shape index (κ2) is 7.83. The van der Waals surface area contributed by atoms with Crippen LogP contribution in [0, 0.1) is 5.92 Å². The molecule has 0 radical (unpaired) electrons. The molecule has 0 aromatic carbocycles. The van der Waals surface area contributed by atoms with Gasteiger partial charge in [0, 0.05) is 19.3 Å². The summed E-state index contributed by atoms with van der Waals surface area (Å²) in [7, 11) is 0. The normalized spacial score (nSPS) is 17.2. The van der Waals surface area contributed by atoms with E-state index in [1.165, 1.54) is 35.4 Å². The van der Waals surface area contributed by atoms with Crippen molar-refractivity contribution in [3.05, 3.63) is 47.8 Å². The maximum atomic E-state index is 13.3. The van der Waals surface area contributed by atoms with Gasteiger partial charge in [0.1, 0.15) is 17.3 Å². The fourth-order valence-corrected chi connectivity index (χ4v) is 3.12. The summed E-state index contributed by atoms with van der Waals surface area (Å²) in [6, 6.07) is 6.66. The van der Waals surface area contributed by atoms with E-state index in [0.717, 1.165) is 6.07 Å². The minimum Gasteiger partial charge on any atom is -0.364 e. The summed E-state index contributed by atoms with van der Waals surface area (Å²) in [5.41, 5.74) is 4.35. The molecule has 2 aromatic rings. The summed E-state index contributed by atoms with van der Waals surface area (Å²) < 4.78 is 39.8. The molecule has 3 N–H and O–H groups in total. The first-order chi connectivity index (χ1) is 13.3. The molecule has 148 valence electrons.